The van der Waals surface area contributed by atoms with Gasteiger partial charge in [0.2, 0.25) is 0 Å². The van der Waals surface area contributed by atoms with Crippen molar-refractivity contribution in [2.75, 3.05) is 6.67 Å². The Hall–Kier alpha value is -0.0700. The Morgan fingerprint density at radius 3 is 2.42 bits per heavy atom. The predicted octanol–water partition coefficient (Wildman–Crippen LogP) is 3.56. The molecule has 0 radical (unpaired) electrons. The summed E-state index contributed by atoms with van der Waals surface area (Å²) in [6.45, 7) is -0.0662. The zero-order valence-corrected chi connectivity index (χ0v) is 7.77. The average molecular weight is 170 g/mol. The molecule has 0 aromatic rings. The van der Waals surface area contributed by atoms with Crippen LogP contribution in [0.3, 0.4) is 0 Å². The van der Waals surface area contributed by atoms with Crippen LogP contribution in [0.1, 0.15) is 44.9 Å². The SMILES string of the molecule is FCC1CCC2CCCCC2C1. The second-order valence-electron chi connectivity index (χ2n) is 4.64. The Labute approximate surface area is 74.5 Å². The zero-order valence-electron chi connectivity index (χ0n) is 7.77. The van der Waals surface area contributed by atoms with Crippen molar-refractivity contribution in [2.45, 2.75) is 44.9 Å². The Balaban J connectivity index is 1.90. The molecule has 2 rings (SSSR count). The van der Waals surface area contributed by atoms with Gasteiger partial charge < -0.3 is 0 Å². The van der Waals surface area contributed by atoms with Gasteiger partial charge in [-0.1, -0.05) is 25.7 Å². The van der Waals surface area contributed by atoms with E-state index in [-0.39, 0.29) is 6.67 Å². The zero-order chi connectivity index (χ0) is 8.39. The molecule has 3 atom stereocenters. The summed E-state index contributed by atoms with van der Waals surface area (Å²) in [5, 5.41) is 0. The van der Waals surface area contributed by atoms with E-state index in [1.54, 1.807) is 0 Å². The van der Waals surface area contributed by atoms with Crippen LogP contribution in [-0.4, -0.2) is 6.67 Å². The fourth-order valence-corrected chi connectivity index (χ4v) is 3.11. The van der Waals surface area contributed by atoms with Crippen LogP contribution in [0.15, 0.2) is 0 Å². The number of hydrogen-bond donors (Lipinski definition) is 0. The molecule has 2 aliphatic carbocycles. The van der Waals surface area contributed by atoms with Gasteiger partial charge in [0.25, 0.3) is 0 Å². The molecular weight excluding hydrogens is 151 g/mol. The van der Waals surface area contributed by atoms with Crippen molar-refractivity contribution in [3.05, 3.63) is 0 Å². The van der Waals surface area contributed by atoms with Crippen molar-refractivity contribution < 1.29 is 4.39 Å². The number of alkyl halides is 1. The van der Waals surface area contributed by atoms with Gasteiger partial charge in [0, 0.05) is 0 Å². The van der Waals surface area contributed by atoms with Crippen molar-refractivity contribution in [2.24, 2.45) is 17.8 Å². The minimum absolute atomic E-state index is 0.0662. The smallest absolute Gasteiger partial charge is 0.0922 e. The van der Waals surface area contributed by atoms with Crippen LogP contribution in [0, 0.1) is 17.8 Å². The highest BCUT2D eigenvalue weighted by atomic mass is 19.1. The van der Waals surface area contributed by atoms with Crippen LogP contribution in [0.2, 0.25) is 0 Å². The minimum Gasteiger partial charge on any atom is -0.251 e. The summed E-state index contributed by atoms with van der Waals surface area (Å²) < 4.78 is 12.4. The van der Waals surface area contributed by atoms with E-state index in [1.807, 2.05) is 0 Å². The predicted molar refractivity (Wildman–Crippen MR) is 48.8 cm³/mol. The highest BCUT2D eigenvalue weighted by Crippen LogP contribution is 2.42. The van der Waals surface area contributed by atoms with Crippen LogP contribution in [0.5, 0.6) is 0 Å². The van der Waals surface area contributed by atoms with E-state index in [0.717, 1.165) is 18.3 Å². The van der Waals surface area contributed by atoms with Crippen LogP contribution in [0.25, 0.3) is 0 Å². The Morgan fingerprint density at radius 2 is 1.67 bits per heavy atom. The van der Waals surface area contributed by atoms with Gasteiger partial charge in [-0.25, -0.2) is 0 Å². The maximum atomic E-state index is 12.4. The van der Waals surface area contributed by atoms with Crippen molar-refractivity contribution in [3.8, 4) is 0 Å². The van der Waals surface area contributed by atoms with E-state index >= 15 is 0 Å². The van der Waals surface area contributed by atoms with E-state index in [1.165, 1.54) is 38.5 Å². The second-order valence-corrected chi connectivity index (χ2v) is 4.64. The van der Waals surface area contributed by atoms with E-state index in [4.69, 9.17) is 0 Å². The minimum atomic E-state index is -0.0662. The molecule has 0 spiro atoms. The molecule has 2 saturated carbocycles. The molecular formula is C11H19F. The molecule has 0 bridgehead atoms. The fourth-order valence-electron chi connectivity index (χ4n) is 3.11. The maximum Gasteiger partial charge on any atom is 0.0922 e. The molecule has 0 N–H and O–H groups in total. The van der Waals surface area contributed by atoms with Crippen LogP contribution >= 0.6 is 0 Å². The molecule has 0 amide bonds. The molecule has 0 aromatic carbocycles. The Kier molecular flexibility index (Phi) is 2.67. The lowest BCUT2D eigenvalue weighted by atomic mass is 9.68. The molecule has 70 valence electrons. The number of fused-ring (bicyclic) bond motifs is 1. The summed E-state index contributed by atoms with van der Waals surface area (Å²) in [4.78, 5) is 0. The summed E-state index contributed by atoms with van der Waals surface area (Å²) in [5.41, 5.74) is 0. The number of rotatable bonds is 1. The van der Waals surface area contributed by atoms with Gasteiger partial charge >= 0.3 is 0 Å². The van der Waals surface area contributed by atoms with Gasteiger partial charge in [-0.2, -0.15) is 0 Å². The van der Waals surface area contributed by atoms with Crippen molar-refractivity contribution in [1.82, 2.24) is 0 Å². The third-order valence-corrected chi connectivity index (χ3v) is 3.87. The van der Waals surface area contributed by atoms with Gasteiger partial charge in [0.15, 0.2) is 0 Å². The molecule has 0 saturated heterocycles. The molecule has 0 nitrogen and oxygen atoms in total. The Bertz CT molecular complexity index is 144. The molecule has 2 fully saturated rings. The first-order valence-electron chi connectivity index (χ1n) is 5.46. The topological polar surface area (TPSA) is 0 Å². The molecule has 0 aliphatic heterocycles. The van der Waals surface area contributed by atoms with Crippen molar-refractivity contribution >= 4 is 0 Å². The number of halogens is 1. The fraction of sp³-hybridized carbons (Fsp3) is 1.00. The van der Waals surface area contributed by atoms with Crippen LogP contribution < -0.4 is 0 Å². The van der Waals surface area contributed by atoms with Crippen molar-refractivity contribution in [3.63, 3.8) is 0 Å². The lowest BCUT2D eigenvalue weighted by Crippen LogP contribution is -2.28. The maximum absolute atomic E-state index is 12.4. The monoisotopic (exact) mass is 170 g/mol. The van der Waals surface area contributed by atoms with Gasteiger partial charge in [-0.15, -0.1) is 0 Å². The first kappa shape index (κ1) is 8.52. The standard InChI is InChI=1S/C11H19F/c12-8-9-5-6-10-3-1-2-4-11(10)7-9/h9-11H,1-8H2. The lowest BCUT2D eigenvalue weighted by Gasteiger charge is -2.38. The highest BCUT2D eigenvalue weighted by molar-refractivity contribution is 4.82. The summed E-state index contributed by atoms with van der Waals surface area (Å²) in [6.07, 6.45) is 9.34. The first-order chi connectivity index (χ1) is 5.90. The highest BCUT2D eigenvalue weighted by Gasteiger charge is 2.31. The third kappa shape index (κ3) is 1.65. The van der Waals surface area contributed by atoms with Gasteiger partial charge in [0.1, 0.15) is 0 Å². The van der Waals surface area contributed by atoms with Gasteiger partial charge in [0.05, 0.1) is 6.67 Å². The van der Waals surface area contributed by atoms with E-state index in [2.05, 4.69) is 0 Å². The lowest BCUT2D eigenvalue weighted by molar-refractivity contribution is 0.116. The molecule has 0 heterocycles. The first-order valence-corrected chi connectivity index (χ1v) is 5.46. The van der Waals surface area contributed by atoms with Gasteiger partial charge in [-0.3, -0.25) is 4.39 Å². The molecule has 1 heteroatoms. The molecule has 2 aliphatic rings. The largest absolute Gasteiger partial charge is 0.251 e. The second kappa shape index (κ2) is 3.76. The molecule has 12 heavy (non-hydrogen) atoms. The summed E-state index contributed by atoms with van der Waals surface area (Å²) in [6, 6.07) is 0. The Morgan fingerprint density at radius 1 is 0.917 bits per heavy atom. The number of hydrogen-bond acceptors (Lipinski definition) is 0. The van der Waals surface area contributed by atoms with Crippen LogP contribution in [-0.2, 0) is 0 Å². The van der Waals surface area contributed by atoms with Crippen molar-refractivity contribution in [1.29, 1.82) is 0 Å². The van der Waals surface area contributed by atoms with E-state index in [9.17, 15) is 4.39 Å². The summed E-state index contributed by atoms with van der Waals surface area (Å²) in [5.74, 6) is 2.29. The van der Waals surface area contributed by atoms with E-state index in [0.29, 0.717) is 5.92 Å². The average Bonchev–Trinajstić information content (AvgIpc) is 2.17. The molecule has 0 aromatic heterocycles. The normalized spacial score (nSPS) is 42.2. The van der Waals surface area contributed by atoms with Gasteiger partial charge in [-0.05, 0) is 37.0 Å². The quantitative estimate of drug-likeness (QED) is 0.564. The summed E-state index contributed by atoms with van der Waals surface area (Å²) in [7, 11) is 0. The molecule has 3 unspecified atom stereocenters. The summed E-state index contributed by atoms with van der Waals surface area (Å²) >= 11 is 0. The van der Waals surface area contributed by atoms with E-state index < -0.39 is 0 Å². The third-order valence-electron chi connectivity index (χ3n) is 3.87. The van der Waals surface area contributed by atoms with Crippen LogP contribution in [0.4, 0.5) is 4.39 Å².